The monoisotopic (exact) mass is 254 g/mol. The molecule has 0 spiro atoms. The van der Waals surface area contributed by atoms with E-state index in [1.165, 1.54) is 0 Å². The van der Waals surface area contributed by atoms with E-state index >= 15 is 0 Å². The third-order valence-electron chi connectivity index (χ3n) is 0.910. The first kappa shape index (κ1) is 7.28. The first-order valence-electron chi connectivity index (χ1n) is 2.32. The van der Waals surface area contributed by atoms with Gasteiger partial charge in [0.1, 0.15) is 5.76 Å². The van der Waals surface area contributed by atoms with Crippen LogP contribution in [0, 0.1) is 0 Å². The van der Waals surface area contributed by atoms with Gasteiger partial charge < -0.3 is 4.74 Å². The third-order valence-corrected chi connectivity index (χ3v) is 2.02. The van der Waals surface area contributed by atoms with Gasteiger partial charge >= 0.3 is 5.97 Å². The number of hydrogen-bond donors (Lipinski definition) is 0. The molecule has 0 radical (unpaired) electrons. The number of rotatable bonds is 0. The van der Waals surface area contributed by atoms with Crippen LogP contribution >= 0.6 is 31.9 Å². The van der Waals surface area contributed by atoms with Crippen molar-refractivity contribution in [2.24, 2.45) is 0 Å². The van der Waals surface area contributed by atoms with Gasteiger partial charge in [0.25, 0.3) is 0 Å². The number of hydrogen-bond acceptors (Lipinski definition) is 2. The number of cyclic esters (lactones) is 1. The molecule has 0 unspecified atom stereocenters. The Labute approximate surface area is 69.5 Å². The van der Waals surface area contributed by atoms with E-state index in [-0.39, 0.29) is 5.97 Å². The molecule has 0 aliphatic carbocycles. The highest BCUT2D eigenvalue weighted by molar-refractivity contribution is 9.26. The third kappa shape index (κ3) is 1.35. The Morgan fingerprint density at radius 1 is 1.67 bits per heavy atom. The summed E-state index contributed by atoms with van der Waals surface area (Å²) in [6.07, 6.45) is 1.66. The molecule has 50 valence electrons. The van der Waals surface area contributed by atoms with Crippen LogP contribution in [0.1, 0.15) is 6.92 Å². The summed E-state index contributed by atoms with van der Waals surface area (Å²) in [4.78, 5) is 10.7. The van der Waals surface area contributed by atoms with Crippen molar-refractivity contribution in [1.29, 1.82) is 0 Å². The molecule has 0 bridgehead atoms. The van der Waals surface area contributed by atoms with Crippen molar-refractivity contribution in [2.45, 2.75) is 10.2 Å². The van der Waals surface area contributed by atoms with Crippen LogP contribution in [0.4, 0.5) is 0 Å². The fourth-order valence-corrected chi connectivity index (χ4v) is 1.36. The smallest absolute Gasteiger partial charge is 0.343 e. The van der Waals surface area contributed by atoms with Crippen molar-refractivity contribution in [3.05, 3.63) is 11.8 Å². The van der Waals surface area contributed by atoms with Gasteiger partial charge in [-0.05, 0) is 13.0 Å². The lowest BCUT2D eigenvalue weighted by molar-refractivity contribution is -0.136. The molecule has 0 N–H and O–H groups in total. The Hall–Kier alpha value is 0.170. The van der Waals surface area contributed by atoms with Crippen LogP contribution in [0.2, 0.25) is 0 Å². The lowest BCUT2D eigenvalue weighted by Gasteiger charge is -2.02. The van der Waals surface area contributed by atoms with E-state index in [0.717, 1.165) is 0 Å². The molecule has 0 aromatic rings. The Morgan fingerprint density at radius 3 is 2.33 bits per heavy atom. The van der Waals surface area contributed by atoms with Crippen LogP contribution in [0.15, 0.2) is 11.8 Å². The molecule has 0 atom stereocenters. The lowest BCUT2D eigenvalue weighted by Crippen LogP contribution is -2.17. The molecular formula is C5H4Br2O2. The van der Waals surface area contributed by atoms with E-state index in [1.54, 1.807) is 13.0 Å². The normalized spacial score (nSPS) is 23.4. The molecule has 1 aliphatic heterocycles. The van der Waals surface area contributed by atoms with Crippen molar-refractivity contribution in [3.63, 3.8) is 0 Å². The minimum Gasteiger partial charge on any atom is -0.430 e. The molecule has 2 nitrogen and oxygen atoms in total. The van der Waals surface area contributed by atoms with E-state index in [0.29, 0.717) is 5.76 Å². The van der Waals surface area contributed by atoms with Crippen molar-refractivity contribution >= 4 is 37.8 Å². The second kappa shape index (κ2) is 2.09. The van der Waals surface area contributed by atoms with Crippen LogP contribution in [-0.2, 0) is 9.53 Å². The fourth-order valence-electron chi connectivity index (χ4n) is 0.558. The summed E-state index contributed by atoms with van der Waals surface area (Å²) >= 11 is 6.23. The zero-order valence-electron chi connectivity index (χ0n) is 4.65. The second-order valence-corrected chi connectivity index (χ2v) is 5.33. The highest BCUT2D eigenvalue weighted by Gasteiger charge is 2.37. The average molecular weight is 256 g/mol. The van der Waals surface area contributed by atoms with E-state index in [1.807, 2.05) is 0 Å². The van der Waals surface area contributed by atoms with Crippen LogP contribution in [0.3, 0.4) is 0 Å². The summed E-state index contributed by atoms with van der Waals surface area (Å²) in [6.45, 7) is 1.72. The highest BCUT2D eigenvalue weighted by Crippen LogP contribution is 2.35. The predicted molar refractivity (Wildman–Crippen MR) is 40.4 cm³/mol. The van der Waals surface area contributed by atoms with Gasteiger partial charge in [-0.2, -0.15) is 0 Å². The van der Waals surface area contributed by atoms with Crippen molar-refractivity contribution in [1.82, 2.24) is 0 Å². The summed E-state index contributed by atoms with van der Waals surface area (Å²) < 4.78 is 3.93. The minimum absolute atomic E-state index is 0.319. The Bertz CT molecular complexity index is 183. The summed E-state index contributed by atoms with van der Waals surface area (Å²) in [5, 5.41) is 0. The molecule has 0 saturated heterocycles. The van der Waals surface area contributed by atoms with Gasteiger partial charge in [0.05, 0.1) is 0 Å². The zero-order valence-corrected chi connectivity index (χ0v) is 7.82. The number of allylic oxidation sites excluding steroid dienone is 1. The number of alkyl halides is 2. The highest BCUT2D eigenvalue weighted by atomic mass is 79.9. The van der Waals surface area contributed by atoms with Gasteiger partial charge in [-0.3, -0.25) is 0 Å². The first-order chi connectivity index (χ1) is 4.02. The molecule has 4 heteroatoms. The number of carbonyl (C=O) groups excluding carboxylic acids is 1. The molecular weight excluding hydrogens is 252 g/mol. The Balaban J connectivity index is 2.89. The SMILES string of the molecule is CC1=CC(Br)(Br)C(=O)O1. The van der Waals surface area contributed by atoms with Gasteiger partial charge in [0.2, 0.25) is 0 Å². The summed E-state index contributed by atoms with van der Waals surface area (Å²) in [5.41, 5.74) is 0. The fraction of sp³-hybridized carbons (Fsp3) is 0.400. The van der Waals surface area contributed by atoms with Gasteiger partial charge in [0.15, 0.2) is 3.23 Å². The summed E-state index contributed by atoms with van der Waals surface area (Å²) in [6, 6.07) is 0. The molecule has 0 aromatic heterocycles. The summed E-state index contributed by atoms with van der Waals surface area (Å²) in [7, 11) is 0. The predicted octanol–water partition coefficient (Wildman–Crippen LogP) is 1.93. The molecule has 1 rings (SSSR count). The molecule has 0 aromatic carbocycles. The molecule has 0 amide bonds. The molecule has 9 heavy (non-hydrogen) atoms. The number of halogens is 2. The molecule has 0 saturated carbocycles. The van der Waals surface area contributed by atoms with Crippen LogP contribution in [0.25, 0.3) is 0 Å². The quantitative estimate of drug-likeness (QED) is 0.489. The van der Waals surface area contributed by atoms with Crippen LogP contribution < -0.4 is 0 Å². The number of ether oxygens (including phenoxy) is 1. The topological polar surface area (TPSA) is 26.3 Å². The lowest BCUT2D eigenvalue weighted by atomic mass is 10.4. The van der Waals surface area contributed by atoms with Gasteiger partial charge in [-0.25, -0.2) is 4.79 Å². The van der Waals surface area contributed by atoms with E-state index in [4.69, 9.17) is 4.74 Å². The average Bonchev–Trinajstić information content (AvgIpc) is 1.79. The number of esters is 1. The molecule has 1 heterocycles. The largest absolute Gasteiger partial charge is 0.430 e. The number of carbonyl (C=O) groups is 1. The minimum atomic E-state index is -0.774. The van der Waals surface area contributed by atoms with Crippen LogP contribution in [-0.4, -0.2) is 9.20 Å². The maximum absolute atomic E-state index is 10.7. The van der Waals surface area contributed by atoms with Gasteiger partial charge in [0, 0.05) is 0 Å². The summed E-state index contributed by atoms with van der Waals surface area (Å²) in [5.74, 6) is 0.300. The first-order valence-corrected chi connectivity index (χ1v) is 3.90. The van der Waals surface area contributed by atoms with E-state index < -0.39 is 3.23 Å². The van der Waals surface area contributed by atoms with Crippen molar-refractivity contribution in [3.8, 4) is 0 Å². The van der Waals surface area contributed by atoms with Crippen LogP contribution in [0.5, 0.6) is 0 Å². The maximum Gasteiger partial charge on any atom is 0.343 e. The van der Waals surface area contributed by atoms with Gasteiger partial charge in [-0.1, -0.05) is 31.9 Å². The molecule has 1 aliphatic rings. The zero-order chi connectivity index (χ0) is 7.07. The van der Waals surface area contributed by atoms with Crippen molar-refractivity contribution in [2.75, 3.05) is 0 Å². The van der Waals surface area contributed by atoms with Crippen molar-refractivity contribution < 1.29 is 9.53 Å². The van der Waals surface area contributed by atoms with Gasteiger partial charge in [-0.15, -0.1) is 0 Å². The standard InChI is InChI=1S/C5H4Br2O2/c1-3-2-5(6,7)4(8)9-3/h2H,1H3. The Kier molecular flexibility index (Phi) is 1.69. The maximum atomic E-state index is 10.7. The van der Waals surface area contributed by atoms with E-state index in [2.05, 4.69) is 31.9 Å². The van der Waals surface area contributed by atoms with E-state index in [9.17, 15) is 4.79 Å². The second-order valence-electron chi connectivity index (χ2n) is 1.77. The Morgan fingerprint density at radius 2 is 2.22 bits per heavy atom. The molecule has 0 fully saturated rings.